The summed E-state index contributed by atoms with van der Waals surface area (Å²) in [5.74, 6) is 0.447. The number of nitrogens with one attached hydrogen (secondary N) is 1. The highest BCUT2D eigenvalue weighted by atomic mass is 16.6. The van der Waals surface area contributed by atoms with Crippen LogP contribution in [0.15, 0.2) is 54.6 Å². The maximum absolute atomic E-state index is 13.2. The number of carbonyl (C=O) groups is 1. The minimum atomic E-state index is -0.189. The molecular weight excluding hydrogens is 336 g/mol. The number of nitrogens with zero attached hydrogens (tertiary/aromatic N) is 1. The molecule has 142 valence electrons. The van der Waals surface area contributed by atoms with Gasteiger partial charge >= 0.3 is 6.09 Å². The van der Waals surface area contributed by atoms with Crippen LogP contribution in [0.2, 0.25) is 0 Å². The van der Waals surface area contributed by atoms with Crippen molar-refractivity contribution in [3.05, 3.63) is 71.3 Å². The summed E-state index contributed by atoms with van der Waals surface area (Å²) in [4.78, 5) is 15.1. The van der Waals surface area contributed by atoms with Gasteiger partial charge in [-0.2, -0.15) is 0 Å². The predicted molar refractivity (Wildman–Crippen MR) is 107 cm³/mol. The van der Waals surface area contributed by atoms with Crippen molar-refractivity contribution < 1.29 is 9.53 Å². The van der Waals surface area contributed by atoms with Crippen molar-refractivity contribution in [3.63, 3.8) is 0 Å². The summed E-state index contributed by atoms with van der Waals surface area (Å²) in [6.45, 7) is 4.63. The largest absolute Gasteiger partial charge is 0.444 e. The van der Waals surface area contributed by atoms with Crippen molar-refractivity contribution in [2.45, 2.75) is 38.3 Å². The van der Waals surface area contributed by atoms with E-state index in [1.165, 1.54) is 11.1 Å². The molecule has 4 heteroatoms. The highest BCUT2D eigenvalue weighted by Gasteiger charge is 2.35. The number of piperidine rings is 1. The molecule has 2 aromatic carbocycles. The third-order valence-electron chi connectivity index (χ3n) is 5.97. The van der Waals surface area contributed by atoms with Crippen molar-refractivity contribution in [1.29, 1.82) is 0 Å². The van der Waals surface area contributed by atoms with Crippen LogP contribution >= 0.6 is 0 Å². The van der Waals surface area contributed by atoms with Crippen molar-refractivity contribution >= 4 is 6.09 Å². The molecule has 4 rings (SSSR count). The maximum Gasteiger partial charge on any atom is 0.410 e. The first-order valence-electron chi connectivity index (χ1n) is 10.1. The zero-order chi connectivity index (χ0) is 18.6. The highest BCUT2D eigenvalue weighted by Crippen LogP contribution is 2.36. The summed E-state index contributed by atoms with van der Waals surface area (Å²) in [5, 5.41) is 3.37. The molecule has 1 unspecified atom stereocenters. The lowest BCUT2D eigenvalue weighted by Gasteiger charge is -2.39. The van der Waals surface area contributed by atoms with E-state index in [-0.39, 0.29) is 18.2 Å². The van der Waals surface area contributed by atoms with E-state index >= 15 is 0 Å². The number of rotatable bonds is 3. The average Bonchev–Trinajstić information content (AvgIpc) is 2.74. The van der Waals surface area contributed by atoms with Crippen molar-refractivity contribution in [1.82, 2.24) is 10.2 Å². The van der Waals surface area contributed by atoms with Gasteiger partial charge in [0.15, 0.2) is 0 Å². The Morgan fingerprint density at radius 3 is 2.74 bits per heavy atom. The fourth-order valence-electron chi connectivity index (χ4n) is 4.44. The van der Waals surface area contributed by atoms with E-state index < -0.39 is 0 Å². The zero-order valence-corrected chi connectivity index (χ0v) is 15.9. The first kappa shape index (κ1) is 18.1. The lowest BCUT2D eigenvalue weighted by molar-refractivity contribution is 0.0153. The third kappa shape index (κ3) is 3.72. The SMILES string of the molecule is CCC1CCNC[C@@H]1OC(=O)N1CCc2ccccc2[C@@H]1c1ccccc1. The molecular formula is C23H28N2O2. The van der Waals surface area contributed by atoms with Crippen LogP contribution in [0.25, 0.3) is 0 Å². The van der Waals surface area contributed by atoms with Gasteiger partial charge in [-0.1, -0.05) is 61.5 Å². The second-order valence-electron chi connectivity index (χ2n) is 7.54. The van der Waals surface area contributed by atoms with Gasteiger partial charge in [0.25, 0.3) is 0 Å². The van der Waals surface area contributed by atoms with Gasteiger partial charge in [-0.05, 0) is 48.4 Å². The van der Waals surface area contributed by atoms with Gasteiger partial charge in [0.05, 0.1) is 6.04 Å². The molecule has 2 aromatic rings. The lowest BCUT2D eigenvalue weighted by atomic mass is 9.88. The van der Waals surface area contributed by atoms with Gasteiger partial charge in [-0.15, -0.1) is 0 Å². The summed E-state index contributed by atoms with van der Waals surface area (Å²) in [7, 11) is 0. The number of fused-ring (bicyclic) bond motifs is 1. The molecule has 3 atom stereocenters. The molecule has 1 N–H and O–H groups in total. The van der Waals surface area contributed by atoms with Gasteiger partial charge in [0, 0.05) is 13.1 Å². The van der Waals surface area contributed by atoms with Crippen molar-refractivity contribution in [3.8, 4) is 0 Å². The molecule has 4 nitrogen and oxygen atoms in total. The fraction of sp³-hybridized carbons (Fsp3) is 0.435. The maximum atomic E-state index is 13.2. The second-order valence-corrected chi connectivity index (χ2v) is 7.54. The molecule has 2 aliphatic rings. The normalized spacial score (nSPS) is 24.9. The summed E-state index contributed by atoms with van der Waals surface area (Å²) < 4.78 is 6.03. The number of hydrogen-bond donors (Lipinski definition) is 1. The first-order chi connectivity index (χ1) is 13.3. The molecule has 2 aliphatic heterocycles. The van der Waals surface area contributed by atoms with E-state index in [1.807, 2.05) is 23.1 Å². The topological polar surface area (TPSA) is 41.6 Å². The molecule has 1 amide bonds. The van der Waals surface area contributed by atoms with Crippen LogP contribution < -0.4 is 5.32 Å². The molecule has 0 spiro atoms. The smallest absolute Gasteiger partial charge is 0.410 e. The monoisotopic (exact) mass is 364 g/mol. The average molecular weight is 364 g/mol. The van der Waals surface area contributed by atoms with Crippen molar-refractivity contribution in [2.75, 3.05) is 19.6 Å². The van der Waals surface area contributed by atoms with Crippen LogP contribution in [-0.4, -0.2) is 36.7 Å². The Balaban J connectivity index is 1.61. The van der Waals surface area contributed by atoms with Gasteiger partial charge in [-0.3, -0.25) is 4.90 Å². The number of carbonyl (C=O) groups excluding carboxylic acids is 1. The summed E-state index contributed by atoms with van der Waals surface area (Å²) in [5.41, 5.74) is 3.66. The standard InChI is InChI=1S/C23H28N2O2/c1-2-17-12-14-24-16-21(17)27-23(26)25-15-13-18-8-6-7-11-20(18)22(25)19-9-4-3-5-10-19/h3-11,17,21-22,24H,2,12-16H2,1H3/t17?,21-,22-/m0/s1. The molecule has 0 aliphatic carbocycles. The molecule has 0 radical (unpaired) electrons. The first-order valence-corrected chi connectivity index (χ1v) is 10.1. The number of ether oxygens (including phenoxy) is 1. The molecule has 0 aromatic heterocycles. The Labute approximate surface area is 161 Å². The van der Waals surface area contributed by atoms with E-state index in [2.05, 4.69) is 48.6 Å². The van der Waals surface area contributed by atoms with E-state index in [0.29, 0.717) is 12.5 Å². The van der Waals surface area contributed by atoms with Gasteiger partial charge in [0.2, 0.25) is 0 Å². The summed E-state index contributed by atoms with van der Waals surface area (Å²) >= 11 is 0. The van der Waals surface area contributed by atoms with E-state index in [9.17, 15) is 4.79 Å². The number of amides is 1. The summed E-state index contributed by atoms with van der Waals surface area (Å²) in [6.07, 6.45) is 2.76. The third-order valence-corrected chi connectivity index (χ3v) is 5.97. The highest BCUT2D eigenvalue weighted by molar-refractivity contribution is 5.70. The van der Waals surface area contributed by atoms with Crippen molar-refractivity contribution in [2.24, 2.45) is 5.92 Å². The summed E-state index contributed by atoms with van der Waals surface area (Å²) in [6, 6.07) is 18.7. The quantitative estimate of drug-likeness (QED) is 0.889. The Morgan fingerprint density at radius 1 is 1.15 bits per heavy atom. The lowest BCUT2D eigenvalue weighted by Crippen LogP contribution is -2.47. The van der Waals surface area contributed by atoms with Crippen LogP contribution in [0.3, 0.4) is 0 Å². The minimum Gasteiger partial charge on any atom is -0.444 e. The van der Waals surface area contributed by atoms with Crippen LogP contribution in [0.1, 0.15) is 42.5 Å². The Kier molecular flexibility index (Phi) is 5.44. The van der Waals surface area contributed by atoms with E-state index in [4.69, 9.17) is 4.74 Å². The number of benzene rings is 2. The molecule has 2 heterocycles. The molecule has 0 bridgehead atoms. The molecule has 0 saturated carbocycles. The Hall–Kier alpha value is -2.33. The van der Waals surface area contributed by atoms with Gasteiger partial charge in [-0.25, -0.2) is 4.79 Å². The predicted octanol–water partition coefficient (Wildman–Crippen LogP) is 4.16. The van der Waals surface area contributed by atoms with Crippen LogP contribution in [-0.2, 0) is 11.2 Å². The molecule has 1 fully saturated rings. The van der Waals surface area contributed by atoms with Crippen LogP contribution in [0.4, 0.5) is 4.79 Å². The number of hydrogen-bond acceptors (Lipinski definition) is 3. The van der Waals surface area contributed by atoms with Crippen LogP contribution in [0, 0.1) is 5.92 Å². The van der Waals surface area contributed by atoms with Crippen LogP contribution in [0.5, 0.6) is 0 Å². The molecule has 1 saturated heterocycles. The Morgan fingerprint density at radius 2 is 1.93 bits per heavy atom. The zero-order valence-electron chi connectivity index (χ0n) is 15.9. The fourth-order valence-corrected chi connectivity index (χ4v) is 4.44. The minimum absolute atomic E-state index is 0.0372. The van der Waals surface area contributed by atoms with E-state index in [1.54, 1.807) is 0 Å². The van der Waals surface area contributed by atoms with Gasteiger partial charge in [0.1, 0.15) is 6.10 Å². The molecule has 27 heavy (non-hydrogen) atoms. The Bertz CT molecular complexity index is 777. The van der Waals surface area contributed by atoms with E-state index in [0.717, 1.165) is 37.9 Å². The second kappa shape index (κ2) is 8.13. The van der Waals surface area contributed by atoms with Gasteiger partial charge < -0.3 is 10.1 Å².